The van der Waals surface area contributed by atoms with Crippen LogP contribution in [0.15, 0.2) is 61.2 Å². The number of benzene rings is 2. The number of phenolic OH excluding ortho intramolecular Hbond substituents is 1. The first-order valence-corrected chi connectivity index (χ1v) is 5.60. The van der Waals surface area contributed by atoms with Gasteiger partial charge in [-0.3, -0.25) is 4.89 Å². The zero-order valence-corrected chi connectivity index (χ0v) is 10.1. The Morgan fingerprint density at radius 1 is 1.11 bits per heavy atom. The maximum atomic E-state index is 10.9. The Balaban J connectivity index is 2.28. The molecule has 19 heavy (non-hydrogen) atoms. The molecule has 2 aromatic rings. The largest absolute Gasteiger partial charge is 0.504 e. The zero-order chi connectivity index (χ0) is 13.7. The summed E-state index contributed by atoms with van der Waals surface area (Å²) in [7, 11) is 0. The third-order valence-electron chi connectivity index (χ3n) is 2.46. The summed E-state index contributed by atoms with van der Waals surface area (Å²) in [4.78, 5) is 20.1. The van der Waals surface area contributed by atoms with E-state index >= 15 is 0 Å². The van der Waals surface area contributed by atoms with Gasteiger partial charge < -0.3 is 5.11 Å². The minimum absolute atomic E-state index is 0.0663. The fourth-order valence-electron chi connectivity index (χ4n) is 1.56. The Morgan fingerprint density at radius 2 is 1.84 bits per heavy atom. The van der Waals surface area contributed by atoms with Crippen LogP contribution < -0.4 is 4.89 Å². The van der Waals surface area contributed by atoms with Gasteiger partial charge in [0.15, 0.2) is 5.75 Å². The molecule has 2 rings (SSSR count). The molecular formula is C15H12O4. The van der Waals surface area contributed by atoms with Crippen molar-refractivity contribution in [3.63, 3.8) is 0 Å². The molecule has 0 aliphatic carbocycles. The van der Waals surface area contributed by atoms with Gasteiger partial charge in [0.1, 0.15) is 0 Å². The number of carbonyl (C=O) groups is 1. The van der Waals surface area contributed by atoms with E-state index in [0.717, 1.165) is 11.6 Å². The third kappa shape index (κ3) is 2.93. The molecule has 2 aromatic carbocycles. The molecule has 0 aromatic heterocycles. The molecule has 1 N–H and O–H groups in total. The molecule has 0 spiro atoms. The summed E-state index contributed by atoms with van der Waals surface area (Å²) in [6.07, 6.45) is 0.970. The van der Waals surface area contributed by atoms with Crippen molar-refractivity contribution >= 4 is 5.97 Å². The number of rotatable bonds is 4. The van der Waals surface area contributed by atoms with Crippen molar-refractivity contribution < 1.29 is 19.7 Å². The first-order valence-electron chi connectivity index (χ1n) is 5.60. The number of aromatic hydroxyl groups is 1. The molecule has 4 heteroatoms. The summed E-state index contributed by atoms with van der Waals surface area (Å²) in [5, 5.41) is 10.1. The van der Waals surface area contributed by atoms with E-state index < -0.39 is 5.97 Å². The molecule has 0 saturated carbocycles. The molecule has 0 heterocycles. The highest BCUT2D eigenvalue weighted by atomic mass is 17.2. The van der Waals surface area contributed by atoms with E-state index in [1.807, 2.05) is 30.3 Å². The average Bonchev–Trinajstić information content (AvgIpc) is 2.46. The highest BCUT2D eigenvalue weighted by Crippen LogP contribution is 2.36. The van der Waals surface area contributed by atoms with Gasteiger partial charge in [-0.25, -0.2) is 9.68 Å². The lowest BCUT2D eigenvalue weighted by Gasteiger charge is -2.09. The molecule has 0 saturated heterocycles. The molecular weight excluding hydrogens is 244 g/mol. The summed E-state index contributed by atoms with van der Waals surface area (Å²) in [6, 6.07) is 14.3. The number of hydrogen-bond donors (Lipinski definition) is 1. The van der Waals surface area contributed by atoms with Gasteiger partial charge in [-0.1, -0.05) is 49.0 Å². The van der Waals surface area contributed by atoms with Crippen LogP contribution in [-0.4, -0.2) is 11.1 Å². The van der Waals surface area contributed by atoms with Crippen molar-refractivity contribution in [1.82, 2.24) is 0 Å². The van der Waals surface area contributed by atoms with Crippen molar-refractivity contribution in [1.29, 1.82) is 0 Å². The van der Waals surface area contributed by atoms with Gasteiger partial charge in [-0.05, 0) is 11.6 Å². The van der Waals surface area contributed by atoms with E-state index in [4.69, 9.17) is 4.89 Å². The SMILES string of the molecule is C=CC(=O)OOc1cccc(-c2ccccc2)c1O. The van der Waals surface area contributed by atoms with E-state index in [1.165, 1.54) is 6.07 Å². The predicted molar refractivity (Wildman–Crippen MR) is 70.5 cm³/mol. The topological polar surface area (TPSA) is 55.8 Å². The van der Waals surface area contributed by atoms with Crippen LogP contribution in [0, 0.1) is 0 Å². The monoisotopic (exact) mass is 256 g/mol. The number of para-hydroxylation sites is 1. The van der Waals surface area contributed by atoms with Crippen molar-refractivity contribution in [3.8, 4) is 22.6 Å². The first-order chi connectivity index (χ1) is 9.22. The lowest BCUT2D eigenvalue weighted by Crippen LogP contribution is -2.04. The van der Waals surface area contributed by atoms with Crippen LogP contribution in [0.5, 0.6) is 11.5 Å². The van der Waals surface area contributed by atoms with Crippen LogP contribution in [0.4, 0.5) is 0 Å². The second-order valence-corrected chi connectivity index (χ2v) is 3.71. The third-order valence-corrected chi connectivity index (χ3v) is 2.46. The van der Waals surface area contributed by atoms with E-state index in [9.17, 15) is 9.90 Å². The Kier molecular flexibility index (Phi) is 3.83. The number of hydrogen-bond acceptors (Lipinski definition) is 4. The molecule has 0 amide bonds. The summed E-state index contributed by atoms with van der Waals surface area (Å²) in [5.41, 5.74) is 1.42. The smallest absolute Gasteiger partial charge is 0.378 e. The van der Waals surface area contributed by atoms with Gasteiger partial charge in [0.2, 0.25) is 5.75 Å². The van der Waals surface area contributed by atoms with Crippen LogP contribution in [-0.2, 0) is 9.68 Å². The molecule has 0 radical (unpaired) electrons. The van der Waals surface area contributed by atoms with Crippen molar-refractivity contribution in [2.75, 3.05) is 0 Å². The predicted octanol–water partition coefficient (Wildman–Crippen LogP) is 3.08. The van der Waals surface area contributed by atoms with Crippen LogP contribution in [0.3, 0.4) is 0 Å². The minimum Gasteiger partial charge on any atom is -0.504 e. The quantitative estimate of drug-likeness (QED) is 0.519. The summed E-state index contributed by atoms with van der Waals surface area (Å²) in [5.74, 6) is -0.758. The average molecular weight is 256 g/mol. The van der Waals surface area contributed by atoms with Crippen LogP contribution in [0.2, 0.25) is 0 Å². The fourth-order valence-corrected chi connectivity index (χ4v) is 1.56. The van der Waals surface area contributed by atoms with E-state index in [0.29, 0.717) is 5.56 Å². The van der Waals surface area contributed by atoms with Gasteiger partial charge in [-0.2, -0.15) is 0 Å². The normalized spacial score (nSPS) is 9.68. The number of carbonyl (C=O) groups excluding carboxylic acids is 1. The van der Waals surface area contributed by atoms with Gasteiger partial charge in [-0.15, -0.1) is 0 Å². The second kappa shape index (κ2) is 5.73. The standard InChI is InChI=1S/C15H12O4/c1-2-14(16)19-18-13-10-6-9-12(15(13)17)11-7-4-3-5-8-11/h2-10,17H,1H2. The fraction of sp³-hybridized carbons (Fsp3) is 0. The van der Waals surface area contributed by atoms with E-state index in [-0.39, 0.29) is 11.5 Å². The molecule has 0 aliphatic rings. The Hall–Kier alpha value is -2.75. The van der Waals surface area contributed by atoms with Gasteiger partial charge in [0.05, 0.1) is 0 Å². The summed E-state index contributed by atoms with van der Waals surface area (Å²) >= 11 is 0. The highest BCUT2D eigenvalue weighted by molar-refractivity contribution is 5.80. The molecule has 0 unspecified atom stereocenters. The van der Waals surface area contributed by atoms with Crippen LogP contribution in [0.1, 0.15) is 0 Å². The minimum atomic E-state index is -0.732. The van der Waals surface area contributed by atoms with Crippen LogP contribution >= 0.6 is 0 Å². The molecule has 0 fully saturated rings. The zero-order valence-electron chi connectivity index (χ0n) is 10.1. The van der Waals surface area contributed by atoms with Gasteiger partial charge in [0.25, 0.3) is 0 Å². The molecule has 0 atom stereocenters. The van der Waals surface area contributed by atoms with E-state index in [1.54, 1.807) is 12.1 Å². The molecule has 4 nitrogen and oxygen atoms in total. The van der Waals surface area contributed by atoms with Crippen molar-refractivity contribution in [2.24, 2.45) is 0 Å². The Labute approximate surface area is 110 Å². The Morgan fingerprint density at radius 3 is 2.53 bits per heavy atom. The van der Waals surface area contributed by atoms with Crippen molar-refractivity contribution in [2.45, 2.75) is 0 Å². The molecule has 0 aliphatic heterocycles. The van der Waals surface area contributed by atoms with Crippen molar-refractivity contribution in [3.05, 3.63) is 61.2 Å². The molecule has 0 bridgehead atoms. The highest BCUT2D eigenvalue weighted by Gasteiger charge is 2.11. The first kappa shape index (κ1) is 12.7. The lowest BCUT2D eigenvalue weighted by molar-refractivity contribution is -0.207. The van der Waals surface area contributed by atoms with E-state index in [2.05, 4.69) is 11.5 Å². The summed E-state index contributed by atoms with van der Waals surface area (Å²) < 4.78 is 0. The van der Waals surface area contributed by atoms with Crippen LogP contribution in [0.25, 0.3) is 11.1 Å². The second-order valence-electron chi connectivity index (χ2n) is 3.71. The Bertz CT molecular complexity index is 590. The van der Waals surface area contributed by atoms with Gasteiger partial charge in [0, 0.05) is 11.6 Å². The maximum Gasteiger partial charge on any atom is 0.378 e. The lowest BCUT2D eigenvalue weighted by atomic mass is 10.0. The van der Waals surface area contributed by atoms with Gasteiger partial charge >= 0.3 is 5.97 Å². The number of phenols is 1. The maximum absolute atomic E-state index is 10.9. The summed E-state index contributed by atoms with van der Waals surface area (Å²) in [6.45, 7) is 3.24. The molecule has 96 valence electrons.